The number of rotatable bonds is 5. The SMILES string of the molecule is CCCCN(C(=O)C1(C#N)CCC1)c1ccccc1. The molecule has 0 N–H and O–H groups in total. The van der Waals surface area contributed by atoms with Gasteiger partial charge in [0.15, 0.2) is 0 Å². The molecule has 1 saturated carbocycles. The lowest BCUT2D eigenvalue weighted by Crippen LogP contribution is -2.47. The monoisotopic (exact) mass is 256 g/mol. The van der Waals surface area contributed by atoms with Crippen molar-refractivity contribution >= 4 is 11.6 Å². The number of nitriles is 1. The van der Waals surface area contributed by atoms with Crippen molar-refractivity contribution in [3.8, 4) is 6.07 Å². The van der Waals surface area contributed by atoms with Gasteiger partial charge in [0.2, 0.25) is 5.91 Å². The van der Waals surface area contributed by atoms with Gasteiger partial charge in [0.05, 0.1) is 6.07 Å². The average Bonchev–Trinajstić information content (AvgIpc) is 2.40. The van der Waals surface area contributed by atoms with E-state index >= 15 is 0 Å². The van der Waals surface area contributed by atoms with Gasteiger partial charge in [0, 0.05) is 12.2 Å². The summed E-state index contributed by atoms with van der Waals surface area (Å²) in [5, 5.41) is 9.33. The van der Waals surface area contributed by atoms with Gasteiger partial charge in [-0.05, 0) is 37.8 Å². The fourth-order valence-corrected chi connectivity index (χ4v) is 2.43. The van der Waals surface area contributed by atoms with Crippen molar-refractivity contribution in [2.45, 2.75) is 39.0 Å². The van der Waals surface area contributed by atoms with Crippen molar-refractivity contribution in [1.82, 2.24) is 0 Å². The first kappa shape index (κ1) is 13.6. The maximum atomic E-state index is 12.7. The number of nitrogens with zero attached hydrogens (tertiary/aromatic N) is 2. The molecule has 0 bridgehead atoms. The van der Waals surface area contributed by atoms with Crippen LogP contribution < -0.4 is 4.90 Å². The van der Waals surface area contributed by atoms with Crippen molar-refractivity contribution in [2.24, 2.45) is 5.41 Å². The molecule has 2 rings (SSSR count). The van der Waals surface area contributed by atoms with Crippen LogP contribution in [0.4, 0.5) is 5.69 Å². The number of carbonyl (C=O) groups excluding carboxylic acids is 1. The Morgan fingerprint density at radius 3 is 2.53 bits per heavy atom. The van der Waals surface area contributed by atoms with Gasteiger partial charge in [0.25, 0.3) is 0 Å². The van der Waals surface area contributed by atoms with Crippen molar-refractivity contribution in [1.29, 1.82) is 5.26 Å². The zero-order valence-electron chi connectivity index (χ0n) is 11.4. The lowest BCUT2D eigenvalue weighted by atomic mass is 9.69. The third-order valence-corrected chi connectivity index (χ3v) is 3.88. The molecule has 1 amide bonds. The van der Waals surface area contributed by atoms with Crippen LogP contribution in [0.25, 0.3) is 0 Å². The van der Waals surface area contributed by atoms with E-state index in [0.717, 1.165) is 24.9 Å². The molecule has 0 spiro atoms. The Labute approximate surface area is 114 Å². The summed E-state index contributed by atoms with van der Waals surface area (Å²) in [6.45, 7) is 2.81. The second kappa shape index (κ2) is 5.88. The molecular formula is C16H20N2O. The van der Waals surface area contributed by atoms with E-state index in [1.54, 1.807) is 4.90 Å². The summed E-state index contributed by atoms with van der Waals surface area (Å²) in [5.41, 5.74) is 0.145. The number of amides is 1. The van der Waals surface area contributed by atoms with Gasteiger partial charge in [-0.3, -0.25) is 4.79 Å². The molecule has 3 heteroatoms. The fraction of sp³-hybridized carbons (Fsp3) is 0.500. The van der Waals surface area contributed by atoms with E-state index in [4.69, 9.17) is 0 Å². The first-order valence-corrected chi connectivity index (χ1v) is 7.02. The summed E-state index contributed by atoms with van der Waals surface area (Å²) >= 11 is 0. The molecule has 100 valence electrons. The minimum Gasteiger partial charge on any atom is -0.311 e. The molecule has 1 aromatic carbocycles. The molecule has 0 aliphatic heterocycles. The number of anilines is 1. The van der Waals surface area contributed by atoms with Gasteiger partial charge in [-0.25, -0.2) is 0 Å². The quantitative estimate of drug-likeness (QED) is 0.809. The highest BCUT2D eigenvalue weighted by atomic mass is 16.2. The summed E-state index contributed by atoms with van der Waals surface area (Å²) in [6, 6.07) is 11.9. The third kappa shape index (κ3) is 2.63. The number of para-hydroxylation sites is 1. The molecule has 0 radical (unpaired) electrons. The van der Waals surface area contributed by atoms with Gasteiger partial charge < -0.3 is 4.90 Å². The number of hydrogen-bond acceptors (Lipinski definition) is 2. The topological polar surface area (TPSA) is 44.1 Å². The van der Waals surface area contributed by atoms with Crippen molar-refractivity contribution < 1.29 is 4.79 Å². The van der Waals surface area contributed by atoms with Gasteiger partial charge in [0.1, 0.15) is 5.41 Å². The van der Waals surface area contributed by atoms with Crippen molar-refractivity contribution in [3.63, 3.8) is 0 Å². The molecule has 19 heavy (non-hydrogen) atoms. The van der Waals surface area contributed by atoms with Crippen LogP contribution in [0.1, 0.15) is 39.0 Å². The van der Waals surface area contributed by atoms with Crippen LogP contribution in [0.3, 0.4) is 0 Å². The number of hydrogen-bond donors (Lipinski definition) is 0. The predicted octanol–water partition coefficient (Wildman–Crippen LogP) is 3.51. The molecule has 1 aromatic rings. The first-order chi connectivity index (χ1) is 9.23. The molecule has 0 atom stereocenters. The Balaban J connectivity index is 2.23. The highest BCUT2D eigenvalue weighted by Crippen LogP contribution is 2.42. The molecule has 0 saturated heterocycles. The third-order valence-electron chi connectivity index (χ3n) is 3.88. The van der Waals surface area contributed by atoms with Crippen molar-refractivity contribution in [3.05, 3.63) is 30.3 Å². The van der Waals surface area contributed by atoms with Crippen LogP contribution >= 0.6 is 0 Å². The van der Waals surface area contributed by atoms with E-state index < -0.39 is 5.41 Å². The van der Waals surface area contributed by atoms with Crippen LogP contribution in [-0.2, 0) is 4.79 Å². The molecule has 1 fully saturated rings. The largest absolute Gasteiger partial charge is 0.311 e. The predicted molar refractivity (Wildman–Crippen MR) is 75.6 cm³/mol. The van der Waals surface area contributed by atoms with E-state index in [-0.39, 0.29) is 5.91 Å². The summed E-state index contributed by atoms with van der Waals surface area (Å²) in [6.07, 6.45) is 4.39. The molecule has 0 unspecified atom stereocenters. The second-order valence-electron chi connectivity index (χ2n) is 5.19. The molecule has 0 heterocycles. The van der Waals surface area contributed by atoms with Gasteiger partial charge in [-0.15, -0.1) is 0 Å². The molecule has 1 aliphatic carbocycles. The molecule has 0 aromatic heterocycles. The molecular weight excluding hydrogens is 236 g/mol. The zero-order valence-corrected chi connectivity index (χ0v) is 11.4. The lowest BCUT2D eigenvalue weighted by molar-refractivity contribution is -0.129. The van der Waals surface area contributed by atoms with E-state index in [0.29, 0.717) is 19.4 Å². The lowest BCUT2D eigenvalue weighted by Gasteiger charge is -2.38. The maximum absolute atomic E-state index is 12.7. The van der Waals surface area contributed by atoms with Crippen LogP contribution in [0.15, 0.2) is 30.3 Å². The van der Waals surface area contributed by atoms with E-state index in [1.807, 2.05) is 30.3 Å². The van der Waals surface area contributed by atoms with E-state index in [2.05, 4.69) is 13.0 Å². The number of benzene rings is 1. The van der Waals surface area contributed by atoms with E-state index in [1.165, 1.54) is 0 Å². The van der Waals surface area contributed by atoms with Crippen molar-refractivity contribution in [2.75, 3.05) is 11.4 Å². The summed E-state index contributed by atoms with van der Waals surface area (Å²) in [7, 11) is 0. The second-order valence-corrected chi connectivity index (χ2v) is 5.19. The Bertz CT molecular complexity index is 471. The molecule has 3 nitrogen and oxygen atoms in total. The smallest absolute Gasteiger partial charge is 0.247 e. The van der Waals surface area contributed by atoms with Crippen LogP contribution in [0, 0.1) is 16.7 Å². The first-order valence-electron chi connectivity index (χ1n) is 7.02. The van der Waals surface area contributed by atoms with Crippen LogP contribution in [-0.4, -0.2) is 12.5 Å². The Morgan fingerprint density at radius 2 is 2.05 bits per heavy atom. The standard InChI is InChI=1S/C16H20N2O/c1-2-3-12-18(14-8-5-4-6-9-14)15(19)16(13-17)10-7-11-16/h4-6,8-9H,2-3,7,10-12H2,1H3. The Kier molecular flexibility index (Phi) is 4.21. The van der Waals surface area contributed by atoms with Gasteiger partial charge in [-0.1, -0.05) is 31.5 Å². The maximum Gasteiger partial charge on any atom is 0.247 e. The average molecular weight is 256 g/mol. The minimum atomic E-state index is -0.760. The highest BCUT2D eigenvalue weighted by Gasteiger charge is 2.47. The van der Waals surface area contributed by atoms with Crippen LogP contribution in [0.2, 0.25) is 0 Å². The number of carbonyl (C=O) groups is 1. The summed E-state index contributed by atoms with van der Waals surface area (Å²) < 4.78 is 0. The highest BCUT2D eigenvalue weighted by molar-refractivity contribution is 5.99. The van der Waals surface area contributed by atoms with Gasteiger partial charge >= 0.3 is 0 Å². The number of unbranched alkanes of at least 4 members (excludes halogenated alkanes) is 1. The Morgan fingerprint density at radius 1 is 1.37 bits per heavy atom. The summed E-state index contributed by atoms with van der Waals surface area (Å²) in [5.74, 6) is -0.0131. The van der Waals surface area contributed by atoms with Crippen LogP contribution in [0.5, 0.6) is 0 Å². The zero-order chi connectivity index (χ0) is 13.7. The normalized spacial score (nSPS) is 16.2. The minimum absolute atomic E-state index is 0.0131. The van der Waals surface area contributed by atoms with E-state index in [9.17, 15) is 10.1 Å². The fourth-order valence-electron chi connectivity index (χ4n) is 2.43. The summed E-state index contributed by atoms with van der Waals surface area (Å²) in [4.78, 5) is 14.5. The molecule has 1 aliphatic rings. The van der Waals surface area contributed by atoms with Gasteiger partial charge in [-0.2, -0.15) is 5.26 Å². The Hall–Kier alpha value is -1.82.